The third-order valence-corrected chi connectivity index (χ3v) is 4.43. The molecule has 1 aromatic carbocycles. The Hall–Kier alpha value is -1.79. The van der Waals surface area contributed by atoms with Gasteiger partial charge in [-0.15, -0.1) is 0 Å². The van der Waals surface area contributed by atoms with Crippen molar-refractivity contribution in [3.05, 3.63) is 34.9 Å². The monoisotopic (exact) mass is 284 g/mol. The number of benzene rings is 1. The minimum atomic E-state index is 0.135. The van der Waals surface area contributed by atoms with E-state index in [0.717, 1.165) is 29.7 Å². The number of likely N-dealkylation sites (tertiary alicyclic amines) is 1. The smallest absolute Gasteiger partial charge is 0.254 e. The van der Waals surface area contributed by atoms with Gasteiger partial charge in [0.1, 0.15) is 0 Å². The molecule has 2 rings (SSSR count). The predicted octanol–water partition coefficient (Wildman–Crippen LogP) is 2.57. The van der Waals surface area contributed by atoms with Gasteiger partial charge in [-0.1, -0.05) is 18.8 Å². The second-order valence-electron chi connectivity index (χ2n) is 5.89. The van der Waals surface area contributed by atoms with Crippen molar-refractivity contribution in [1.29, 1.82) is 0 Å². The van der Waals surface area contributed by atoms with Crippen molar-refractivity contribution in [2.75, 3.05) is 13.1 Å². The molecule has 1 aliphatic heterocycles. The number of nitrogens with zero attached hydrogens (tertiary/aromatic N) is 1. The first-order valence-electron chi connectivity index (χ1n) is 7.65. The minimum absolute atomic E-state index is 0.135. The summed E-state index contributed by atoms with van der Waals surface area (Å²) in [4.78, 5) is 14.7. The lowest BCUT2D eigenvalue weighted by atomic mass is 9.91. The van der Waals surface area contributed by atoms with Gasteiger partial charge < -0.3 is 10.6 Å². The normalized spacial score (nSPS) is 21.6. The van der Waals surface area contributed by atoms with Gasteiger partial charge in [-0.2, -0.15) is 0 Å². The van der Waals surface area contributed by atoms with E-state index < -0.39 is 0 Å². The molecule has 0 radical (unpaired) electrons. The van der Waals surface area contributed by atoms with E-state index in [2.05, 4.69) is 25.7 Å². The van der Waals surface area contributed by atoms with Crippen molar-refractivity contribution in [1.82, 2.24) is 4.90 Å². The average Bonchev–Trinajstić information content (AvgIpc) is 2.48. The van der Waals surface area contributed by atoms with E-state index in [1.165, 1.54) is 6.42 Å². The number of amides is 1. The van der Waals surface area contributed by atoms with E-state index in [4.69, 9.17) is 5.73 Å². The first kappa shape index (κ1) is 15.6. The number of rotatable bonds is 1. The molecule has 3 heteroatoms. The number of carbonyl (C=O) groups is 1. The van der Waals surface area contributed by atoms with Crippen LogP contribution in [0.25, 0.3) is 0 Å². The summed E-state index contributed by atoms with van der Waals surface area (Å²) in [6, 6.07) is 6.04. The third kappa shape index (κ3) is 3.46. The summed E-state index contributed by atoms with van der Waals surface area (Å²) in [5.74, 6) is 6.59. The Bertz CT molecular complexity index is 583. The zero-order valence-corrected chi connectivity index (χ0v) is 13.1. The lowest BCUT2D eigenvalue weighted by molar-refractivity contribution is 0.0551. The molecule has 3 nitrogen and oxygen atoms in total. The second-order valence-corrected chi connectivity index (χ2v) is 5.89. The molecule has 1 fully saturated rings. The Balaban J connectivity index is 2.21. The van der Waals surface area contributed by atoms with Gasteiger partial charge in [0.05, 0.1) is 6.54 Å². The van der Waals surface area contributed by atoms with Gasteiger partial charge >= 0.3 is 0 Å². The first-order chi connectivity index (χ1) is 10.0. The molecule has 2 N–H and O–H groups in total. The molecule has 1 heterocycles. The van der Waals surface area contributed by atoms with Gasteiger partial charge in [0.15, 0.2) is 0 Å². The van der Waals surface area contributed by atoms with Gasteiger partial charge in [-0.25, -0.2) is 0 Å². The molecule has 0 bridgehead atoms. The van der Waals surface area contributed by atoms with Crippen molar-refractivity contribution in [2.45, 2.75) is 39.7 Å². The summed E-state index contributed by atoms with van der Waals surface area (Å²) >= 11 is 0. The SMILES string of the molecule is Cc1cc(C(=O)N2CCCC(C)C2C)ccc1C#CCN. The second kappa shape index (κ2) is 6.78. The van der Waals surface area contributed by atoms with Crippen LogP contribution in [0.3, 0.4) is 0 Å². The highest BCUT2D eigenvalue weighted by Crippen LogP contribution is 2.25. The molecule has 0 aliphatic carbocycles. The van der Waals surface area contributed by atoms with Crippen molar-refractivity contribution in [3.8, 4) is 11.8 Å². The van der Waals surface area contributed by atoms with Crippen LogP contribution in [-0.4, -0.2) is 29.9 Å². The lowest BCUT2D eigenvalue weighted by Gasteiger charge is -2.38. The Morgan fingerprint density at radius 2 is 2.19 bits per heavy atom. The number of piperidine rings is 1. The van der Waals surface area contributed by atoms with Crippen LogP contribution in [0.1, 0.15) is 48.2 Å². The topological polar surface area (TPSA) is 46.3 Å². The minimum Gasteiger partial charge on any atom is -0.336 e. The van der Waals surface area contributed by atoms with Crippen molar-refractivity contribution in [3.63, 3.8) is 0 Å². The molecule has 1 aliphatic rings. The van der Waals surface area contributed by atoms with Crippen LogP contribution in [0.15, 0.2) is 18.2 Å². The Labute approximate surface area is 127 Å². The van der Waals surface area contributed by atoms with Crippen LogP contribution in [0.5, 0.6) is 0 Å². The molecule has 2 atom stereocenters. The van der Waals surface area contributed by atoms with Crippen LogP contribution < -0.4 is 5.73 Å². The summed E-state index contributed by atoms with van der Waals surface area (Å²) in [5.41, 5.74) is 8.12. The molecule has 2 unspecified atom stereocenters. The third-order valence-electron chi connectivity index (χ3n) is 4.43. The van der Waals surface area contributed by atoms with Crippen molar-refractivity contribution < 1.29 is 4.79 Å². The summed E-state index contributed by atoms with van der Waals surface area (Å²) < 4.78 is 0. The quantitative estimate of drug-likeness (QED) is 0.806. The van der Waals surface area contributed by atoms with E-state index in [0.29, 0.717) is 18.5 Å². The summed E-state index contributed by atoms with van der Waals surface area (Å²) in [6.07, 6.45) is 2.30. The average molecular weight is 284 g/mol. The summed E-state index contributed by atoms with van der Waals surface area (Å²) in [7, 11) is 0. The Kier molecular flexibility index (Phi) is 5.03. The van der Waals surface area contributed by atoms with Crippen LogP contribution in [-0.2, 0) is 0 Å². The molecular weight excluding hydrogens is 260 g/mol. The van der Waals surface area contributed by atoms with Gasteiger partial charge in [0.2, 0.25) is 0 Å². The Morgan fingerprint density at radius 1 is 1.43 bits per heavy atom. The maximum Gasteiger partial charge on any atom is 0.254 e. The molecular formula is C18H24N2O. The predicted molar refractivity (Wildman–Crippen MR) is 86.0 cm³/mol. The van der Waals surface area contributed by atoms with E-state index in [1.54, 1.807) is 0 Å². The molecule has 0 aromatic heterocycles. The largest absolute Gasteiger partial charge is 0.336 e. The van der Waals surface area contributed by atoms with E-state index in [-0.39, 0.29) is 5.91 Å². The molecule has 1 aromatic rings. The highest BCUT2D eigenvalue weighted by Gasteiger charge is 2.28. The fourth-order valence-electron chi connectivity index (χ4n) is 2.87. The fraction of sp³-hybridized carbons (Fsp3) is 0.500. The van der Waals surface area contributed by atoms with Gasteiger partial charge in [0.25, 0.3) is 5.91 Å². The number of aryl methyl sites for hydroxylation is 1. The summed E-state index contributed by atoms with van der Waals surface area (Å²) in [6.45, 7) is 7.57. The van der Waals surface area contributed by atoms with Crippen LogP contribution in [0.4, 0.5) is 0 Å². The van der Waals surface area contributed by atoms with Crippen molar-refractivity contribution in [2.24, 2.45) is 11.7 Å². The van der Waals surface area contributed by atoms with Crippen LogP contribution in [0, 0.1) is 24.7 Å². The van der Waals surface area contributed by atoms with E-state index in [9.17, 15) is 4.79 Å². The molecule has 21 heavy (non-hydrogen) atoms. The highest BCUT2D eigenvalue weighted by molar-refractivity contribution is 5.94. The molecule has 1 amide bonds. The van der Waals surface area contributed by atoms with Crippen LogP contribution in [0.2, 0.25) is 0 Å². The van der Waals surface area contributed by atoms with Gasteiger partial charge in [-0.05, 0) is 56.4 Å². The number of nitrogens with two attached hydrogens (primary N) is 1. The highest BCUT2D eigenvalue weighted by atomic mass is 16.2. The maximum atomic E-state index is 12.7. The lowest BCUT2D eigenvalue weighted by Crippen LogP contribution is -2.46. The zero-order valence-electron chi connectivity index (χ0n) is 13.1. The number of carbonyl (C=O) groups excluding carboxylic acids is 1. The summed E-state index contributed by atoms with van der Waals surface area (Å²) in [5, 5.41) is 0. The number of hydrogen-bond donors (Lipinski definition) is 1. The molecule has 0 spiro atoms. The van der Waals surface area contributed by atoms with Gasteiger partial charge in [-0.3, -0.25) is 4.79 Å². The van der Waals surface area contributed by atoms with E-state index >= 15 is 0 Å². The van der Waals surface area contributed by atoms with Crippen LogP contribution >= 0.6 is 0 Å². The fourth-order valence-corrected chi connectivity index (χ4v) is 2.87. The first-order valence-corrected chi connectivity index (χ1v) is 7.65. The van der Waals surface area contributed by atoms with E-state index in [1.807, 2.05) is 30.0 Å². The number of hydrogen-bond acceptors (Lipinski definition) is 2. The van der Waals surface area contributed by atoms with Crippen molar-refractivity contribution >= 4 is 5.91 Å². The zero-order chi connectivity index (χ0) is 15.4. The maximum absolute atomic E-state index is 12.7. The molecule has 0 saturated carbocycles. The molecule has 112 valence electrons. The Morgan fingerprint density at radius 3 is 2.86 bits per heavy atom. The van der Waals surface area contributed by atoms with Gasteiger partial charge in [0, 0.05) is 23.7 Å². The molecule has 1 saturated heterocycles. The standard InChI is InChI=1S/C18H24N2O/c1-13-6-5-11-20(15(13)3)18(21)17-9-8-16(7-4-10-19)14(2)12-17/h8-9,12-13,15H,5-6,10-11,19H2,1-3H3.